The molecular weight excluding hydrogens is 374 g/mol. The fourth-order valence-corrected chi connectivity index (χ4v) is 3.67. The van der Waals surface area contributed by atoms with Gasteiger partial charge in [0, 0.05) is 16.1 Å². The molecule has 7 heteroatoms. The summed E-state index contributed by atoms with van der Waals surface area (Å²) in [5, 5.41) is 4.56. The predicted molar refractivity (Wildman–Crippen MR) is 92.8 cm³/mol. The Balaban J connectivity index is 1.79. The van der Waals surface area contributed by atoms with Crippen molar-refractivity contribution in [2.75, 3.05) is 0 Å². The summed E-state index contributed by atoms with van der Waals surface area (Å²) in [5.74, 6) is 0.716. The van der Waals surface area contributed by atoms with Crippen molar-refractivity contribution in [3.8, 4) is 11.4 Å². The first-order valence-corrected chi connectivity index (χ1v) is 8.63. The lowest BCUT2D eigenvalue weighted by atomic mass is 10.1. The van der Waals surface area contributed by atoms with E-state index in [-0.39, 0.29) is 23.5 Å². The van der Waals surface area contributed by atoms with E-state index in [0.29, 0.717) is 16.8 Å². The van der Waals surface area contributed by atoms with Crippen LogP contribution in [0.15, 0.2) is 32.1 Å². The summed E-state index contributed by atoms with van der Waals surface area (Å²) < 4.78 is 11.9. The Bertz CT molecular complexity index is 979. The third-order valence-electron chi connectivity index (χ3n) is 4.34. The molecule has 1 fully saturated rings. The van der Waals surface area contributed by atoms with Gasteiger partial charge in [-0.15, -0.1) is 0 Å². The van der Waals surface area contributed by atoms with Gasteiger partial charge in [0.05, 0.1) is 17.2 Å². The second-order valence-corrected chi connectivity index (χ2v) is 7.06. The van der Waals surface area contributed by atoms with Crippen molar-refractivity contribution in [3.63, 3.8) is 0 Å². The van der Waals surface area contributed by atoms with E-state index in [1.54, 1.807) is 12.3 Å². The summed E-state index contributed by atoms with van der Waals surface area (Å²) in [6, 6.07) is 3.76. The highest BCUT2D eigenvalue weighted by molar-refractivity contribution is 9.10. The second-order valence-electron chi connectivity index (χ2n) is 6.15. The van der Waals surface area contributed by atoms with E-state index in [1.165, 1.54) is 0 Å². The molecule has 0 amide bonds. The van der Waals surface area contributed by atoms with Crippen molar-refractivity contribution < 1.29 is 9.26 Å². The number of hydrogen-bond acceptors (Lipinski definition) is 5. The van der Waals surface area contributed by atoms with E-state index in [2.05, 4.69) is 31.1 Å². The molecule has 1 aliphatic rings. The highest BCUT2D eigenvalue weighted by Gasteiger charge is 2.28. The predicted octanol–water partition coefficient (Wildman–Crippen LogP) is 3.89. The molecule has 2 aromatic heterocycles. The Morgan fingerprint density at radius 3 is 2.92 bits per heavy atom. The third kappa shape index (κ3) is 2.57. The standard InChI is InChI=1S/C17H16BrN3O3/c1-8-5-10(18)6-11-14(8)19-7-12(15(11)22)16-20-17(24-21-16)13-4-3-9(2)23-13/h5-7,9,13H,3-4H2,1-2H3,(H,19,22)/t9-,13-/m1/s1. The molecule has 1 N–H and O–H groups in total. The van der Waals surface area contributed by atoms with Crippen LogP contribution in [0.5, 0.6) is 0 Å². The number of fused-ring (bicyclic) bond motifs is 1. The number of rotatable bonds is 2. The maximum absolute atomic E-state index is 12.8. The van der Waals surface area contributed by atoms with Crippen LogP contribution in [0.4, 0.5) is 0 Å². The van der Waals surface area contributed by atoms with Crippen LogP contribution in [0.25, 0.3) is 22.3 Å². The van der Waals surface area contributed by atoms with Crippen LogP contribution >= 0.6 is 15.9 Å². The lowest BCUT2D eigenvalue weighted by Gasteiger charge is -2.05. The molecule has 24 heavy (non-hydrogen) atoms. The number of halogens is 1. The van der Waals surface area contributed by atoms with Gasteiger partial charge >= 0.3 is 0 Å². The first kappa shape index (κ1) is 15.5. The molecule has 0 spiro atoms. The number of nitrogens with one attached hydrogen (secondary N) is 1. The molecule has 4 rings (SSSR count). The minimum atomic E-state index is -0.183. The Morgan fingerprint density at radius 1 is 1.33 bits per heavy atom. The van der Waals surface area contributed by atoms with Gasteiger partial charge in [-0.25, -0.2) is 0 Å². The van der Waals surface area contributed by atoms with E-state index in [0.717, 1.165) is 28.4 Å². The van der Waals surface area contributed by atoms with Gasteiger partial charge in [-0.05, 0) is 44.4 Å². The lowest BCUT2D eigenvalue weighted by Crippen LogP contribution is -2.08. The molecule has 1 aromatic carbocycles. The molecule has 1 saturated heterocycles. The zero-order valence-corrected chi connectivity index (χ0v) is 14.9. The minimum Gasteiger partial charge on any atom is -0.365 e. The molecule has 0 bridgehead atoms. The molecule has 6 nitrogen and oxygen atoms in total. The number of nitrogens with zero attached hydrogens (tertiary/aromatic N) is 2. The summed E-state index contributed by atoms with van der Waals surface area (Å²) in [4.78, 5) is 20.4. The van der Waals surface area contributed by atoms with Crippen LogP contribution in [0.1, 0.15) is 37.3 Å². The van der Waals surface area contributed by atoms with Gasteiger partial charge in [0.25, 0.3) is 5.89 Å². The first-order chi connectivity index (χ1) is 11.5. The normalized spacial score (nSPS) is 20.8. The van der Waals surface area contributed by atoms with E-state index in [9.17, 15) is 4.79 Å². The van der Waals surface area contributed by atoms with E-state index >= 15 is 0 Å². The van der Waals surface area contributed by atoms with Crippen molar-refractivity contribution in [1.82, 2.24) is 15.1 Å². The van der Waals surface area contributed by atoms with Gasteiger partial charge in [0.2, 0.25) is 11.3 Å². The van der Waals surface area contributed by atoms with Crippen molar-refractivity contribution in [2.24, 2.45) is 0 Å². The number of benzene rings is 1. The molecule has 1 aliphatic heterocycles. The van der Waals surface area contributed by atoms with Gasteiger partial charge in [-0.3, -0.25) is 4.79 Å². The lowest BCUT2D eigenvalue weighted by molar-refractivity contribution is 0.0355. The smallest absolute Gasteiger partial charge is 0.256 e. The van der Waals surface area contributed by atoms with Crippen LogP contribution in [0.3, 0.4) is 0 Å². The summed E-state index contributed by atoms with van der Waals surface area (Å²) in [6.45, 7) is 3.97. The van der Waals surface area contributed by atoms with Gasteiger partial charge < -0.3 is 14.2 Å². The summed E-state index contributed by atoms with van der Waals surface area (Å²) >= 11 is 3.43. The maximum Gasteiger partial charge on any atom is 0.256 e. The van der Waals surface area contributed by atoms with Crippen molar-refractivity contribution in [3.05, 3.63) is 44.5 Å². The van der Waals surface area contributed by atoms with Crippen molar-refractivity contribution in [1.29, 1.82) is 0 Å². The quantitative estimate of drug-likeness (QED) is 0.718. The zero-order valence-electron chi connectivity index (χ0n) is 13.3. The topological polar surface area (TPSA) is 81.0 Å². The number of aryl methyl sites for hydroxylation is 1. The first-order valence-electron chi connectivity index (χ1n) is 7.84. The average Bonchev–Trinajstić information content (AvgIpc) is 3.17. The fraction of sp³-hybridized carbons (Fsp3) is 0.353. The number of hydrogen-bond donors (Lipinski definition) is 1. The minimum absolute atomic E-state index is 0.124. The number of H-pyrrole nitrogens is 1. The van der Waals surface area contributed by atoms with Crippen LogP contribution < -0.4 is 5.43 Å². The fourth-order valence-electron chi connectivity index (χ4n) is 3.09. The second kappa shape index (κ2) is 5.82. The molecular formula is C17H16BrN3O3. The molecule has 0 aliphatic carbocycles. The van der Waals surface area contributed by atoms with Crippen LogP contribution in [-0.2, 0) is 4.74 Å². The van der Waals surface area contributed by atoms with Gasteiger partial charge in [-0.2, -0.15) is 4.98 Å². The Morgan fingerprint density at radius 2 is 2.17 bits per heavy atom. The van der Waals surface area contributed by atoms with Crippen molar-refractivity contribution >= 4 is 26.8 Å². The number of pyridine rings is 1. The summed E-state index contributed by atoms with van der Waals surface area (Å²) in [7, 11) is 0. The largest absolute Gasteiger partial charge is 0.365 e. The number of ether oxygens (including phenoxy) is 1. The summed E-state index contributed by atoms with van der Waals surface area (Å²) in [6.07, 6.45) is 3.46. The Hall–Kier alpha value is -1.99. The van der Waals surface area contributed by atoms with E-state index < -0.39 is 0 Å². The van der Waals surface area contributed by atoms with E-state index in [4.69, 9.17) is 9.26 Å². The van der Waals surface area contributed by atoms with Gasteiger partial charge in [0.1, 0.15) is 6.10 Å². The molecule has 0 unspecified atom stereocenters. The van der Waals surface area contributed by atoms with E-state index in [1.807, 2.05) is 19.9 Å². The van der Waals surface area contributed by atoms with Crippen LogP contribution in [-0.4, -0.2) is 21.2 Å². The highest BCUT2D eigenvalue weighted by atomic mass is 79.9. The molecule has 3 aromatic rings. The Labute approximate surface area is 146 Å². The average molecular weight is 390 g/mol. The number of aromatic amines is 1. The maximum atomic E-state index is 12.8. The van der Waals surface area contributed by atoms with Crippen molar-refractivity contribution in [2.45, 2.75) is 38.9 Å². The highest BCUT2D eigenvalue weighted by Crippen LogP contribution is 2.32. The molecule has 0 radical (unpaired) electrons. The van der Waals surface area contributed by atoms with Gasteiger partial charge in [0.15, 0.2) is 0 Å². The zero-order chi connectivity index (χ0) is 16.8. The van der Waals surface area contributed by atoms with Crippen LogP contribution in [0, 0.1) is 6.92 Å². The molecule has 3 heterocycles. The van der Waals surface area contributed by atoms with Gasteiger partial charge in [-0.1, -0.05) is 21.1 Å². The monoisotopic (exact) mass is 389 g/mol. The Kier molecular flexibility index (Phi) is 3.77. The molecule has 2 atom stereocenters. The summed E-state index contributed by atoms with van der Waals surface area (Å²) in [5.41, 5.74) is 2.07. The molecule has 0 saturated carbocycles. The number of aromatic nitrogens is 3. The molecule has 124 valence electrons. The van der Waals surface area contributed by atoms with Crippen LogP contribution in [0.2, 0.25) is 0 Å². The SMILES string of the molecule is Cc1cc(Br)cc2c(=O)c(-c3noc([C@H]4CC[C@@H](C)O4)n3)c[nH]c12. The third-order valence-corrected chi connectivity index (χ3v) is 4.80.